The van der Waals surface area contributed by atoms with Crippen LogP contribution in [0.3, 0.4) is 0 Å². The lowest BCUT2D eigenvalue weighted by Gasteiger charge is -2.10. The van der Waals surface area contributed by atoms with Crippen molar-refractivity contribution in [2.75, 3.05) is 0 Å². The van der Waals surface area contributed by atoms with E-state index in [-0.39, 0.29) is 11.6 Å². The van der Waals surface area contributed by atoms with Gasteiger partial charge in [-0.05, 0) is 55.5 Å². The van der Waals surface area contributed by atoms with E-state index >= 15 is 0 Å². The van der Waals surface area contributed by atoms with Gasteiger partial charge in [0, 0.05) is 5.56 Å². The van der Waals surface area contributed by atoms with Crippen LogP contribution in [-0.4, -0.2) is 0 Å². The molecule has 0 atom stereocenters. The van der Waals surface area contributed by atoms with Crippen LogP contribution >= 0.6 is 0 Å². The molecule has 0 amide bonds. The second-order valence-corrected chi connectivity index (χ2v) is 6.08. The smallest absolute Gasteiger partial charge is 0.131 e. The summed E-state index contributed by atoms with van der Waals surface area (Å²) in [7, 11) is 0. The molecule has 0 fully saturated rings. The van der Waals surface area contributed by atoms with E-state index in [1.807, 2.05) is 65.8 Å². The molecule has 26 heavy (non-hydrogen) atoms. The lowest BCUT2D eigenvalue weighted by atomic mass is 9.97. The normalized spacial score (nSPS) is 12.2. The maximum Gasteiger partial charge on any atom is 0.131 e. The van der Waals surface area contributed by atoms with Crippen molar-refractivity contribution in [1.82, 2.24) is 0 Å². The number of aryl methyl sites for hydroxylation is 1. The maximum atomic E-state index is 14.6. The Morgan fingerprint density at radius 3 is 2.08 bits per heavy atom. The Hall–Kier alpha value is -2.22. The molecule has 0 nitrogen and oxygen atoms in total. The van der Waals surface area contributed by atoms with E-state index in [4.69, 9.17) is 0 Å². The first kappa shape index (κ1) is 21.8. The minimum Gasteiger partial charge on any atom is -0.207 e. The van der Waals surface area contributed by atoms with Gasteiger partial charge in [-0.2, -0.15) is 0 Å². The van der Waals surface area contributed by atoms with Crippen LogP contribution in [0, 0.1) is 12.7 Å². The van der Waals surface area contributed by atoms with Crippen molar-refractivity contribution in [3.05, 3.63) is 76.9 Å². The Balaban J connectivity index is 0.00000163. The molecule has 0 aliphatic rings. The monoisotopic (exact) mass is 356 g/mol. The molecule has 0 saturated carbocycles. The van der Waals surface area contributed by atoms with E-state index in [0.29, 0.717) is 23.1 Å². The van der Waals surface area contributed by atoms with Crippen LogP contribution in [-0.2, 0) is 0 Å². The zero-order valence-corrected chi connectivity index (χ0v) is 16.8. The summed E-state index contributed by atoms with van der Waals surface area (Å²) in [4.78, 5) is 0. The molecule has 0 aliphatic heterocycles. The van der Waals surface area contributed by atoms with Crippen LogP contribution in [0.4, 0.5) is 8.78 Å². The van der Waals surface area contributed by atoms with E-state index < -0.39 is 0 Å². The molecule has 0 heterocycles. The van der Waals surface area contributed by atoms with Gasteiger partial charge in [0.2, 0.25) is 0 Å². The van der Waals surface area contributed by atoms with E-state index in [9.17, 15) is 8.78 Å². The van der Waals surface area contributed by atoms with Gasteiger partial charge in [-0.1, -0.05) is 75.2 Å². The Morgan fingerprint density at radius 1 is 0.962 bits per heavy atom. The zero-order chi connectivity index (χ0) is 19.7. The summed E-state index contributed by atoms with van der Waals surface area (Å²) in [5.41, 5.74) is 4.60. The molecule has 0 aliphatic carbocycles. The summed E-state index contributed by atoms with van der Waals surface area (Å²) in [6.45, 7) is 11.8. The number of hydrogen-bond acceptors (Lipinski definition) is 0. The fraction of sp³-hybridized carbons (Fsp3) is 0.333. The highest BCUT2D eigenvalue weighted by Gasteiger charge is 2.11. The van der Waals surface area contributed by atoms with Crippen molar-refractivity contribution < 1.29 is 8.78 Å². The molecule has 0 spiro atoms. The lowest BCUT2D eigenvalue weighted by molar-refractivity contribution is 0.630. The van der Waals surface area contributed by atoms with Gasteiger partial charge in [-0.25, -0.2) is 8.78 Å². The van der Waals surface area contributed by atoms with Gasteiger partial charge in [0.1, 0.15) is 11.6 Å². The maximum absolute atomic E-state index is 14.6. The van der Waals surface area contributed by atoms with Crippen molar-refractivity contribution in [3.8, 4) is 11.1 Å². The van der Waals surface area contributed by atoms with Crippen LogP contribution in [0.25, 0.3) is 16.7 Å². The van der Waals surface area contributed by atoms with Crippen LogP contribution in [0.1, 0.15) is 58.6 Å². The predicted molar refractivity (Wildman–Crippen MR) is 110 cm³/mol. The van der Waals surface area contributed by atoms with E-state index in [2.05, 4.69) is 0 Å². The van der Waals surface area contributed by atoms with E-state index in [1.54, 1.807) is 18.2 Å². The first-order chi connectivity index (χ1) is 12.5. The summed E-state index contributed by atoms with van der Waals surface area (Å²) < 4.78 is 29.0. The van der Waals surface area contributed by atoms with Crippen molar-refractivity contribution in [2.45, 2.75) is 54.4 Å². The SMILES string of the molecule is CC.CC/C(C)=C\C(F)=C(/CC)c1ccc(-c2ccc(C)cc2)c(F)c1. The molecule has 2 aromatic carbocycles. The Bertz CT molecular complexity index is 765. The number of benzene rings is 2. The molecule has 0 radical (unpaired) electrons. The summed E-state index contributed by atoms with van der Waals surface area (Å²) >= 11 is 0. The number of allylic oxidation sites excluding steroid dienone is 4. The first-order valence-electron chi connectivity index (χ1n) is 9.39. The fourth-order valence-electron chi connectivity index (χ4n) is 2.59. The molecule has 0 saturated heterocycles. The highest BCUT2D eigenvalue weighted by atomic mass is 19.1. The third kappa shape index (κ3) is 5.66. The number of hydrogen-bond donors (Lipinski definition) is 0. The van der Waals surface area contributed by atoms with Crippen molar-refractivity contribution in [2.24, 2.45) is 0 Å². The van der Waals surface area contributed by atoms with Gasteiger partial charge >= 0.3 is 0 Å². The standard InChI is InChI=1S/C22H24F2.C2H6/c1-5-15(3)13-21(23)19(6-2)18-11-12-20(22(24)14-18)17-9-7-16(4)8-10-17;1-2/h7-14H,5-6H2,1-4H3;1-2H3/b15-13-,21-19-;. The van der Waals surface area contributed by atoms with E-state index in [0.717, 1.165) is 23.1 Å². The minimum atomic E-state index is -0.328. The summed E-state index contributed by atoms with van der Waals surface area (Å²) in [5.74, 6) is -0.606. The second kappa shape index (κ2) is 10.7. The van der Waals surface area contributed by atoms with Crippen LogP contribution in [0.2, 0.25) is 0 Å². The van der Waals surface area contributed by atoms with Crippen molar-refractivity contribution in [3.63, 3.8) is 0 Å². The first-order valence-corrected chi connectivity index (χ1v) is 9.39. The molecule has 2 rings (SSSR count). The van der Waals surface area contributed by atoms with Crippen LogP contribution in [0.15, 0.2) is 59.9 Å². The second-order valence-electron chi connectivity index (χ2n) is 6.08. The van der Waals surface area contributed by atoms with Crippen LogP contribution < -0.4 is 0 Å². The number of halogens is 2. The summed E-state index contributed by atoms with van der Waals surface area (Å²) in [6, 6.07) is 12.7. The average molecular weight is 357 g/mol. The Morgan fingerprint density at radius 2 is 1.58 bits per heavy atom. The molecule has 2 heteroatoms. The molecule has 2 aromatic rings. The third-order valence-electron chi connectivity index (χ3n) is 4.25. The molecule has 0 unspecified atom stereocenters. The topological polar surface area (TPSA) is 0 Å². The van der Waals surface area contributed by atoms with Gasteiger partial charge in [0.05, 0.1) is 0 Å². The van der Waals surface area contributed by atoms with Crippen molar-refractivity contribution >= 4 is 5.57 Å². The summed E-state index contributed by atoms with van der Waals surface area (Å²) in [5, 5.41) is 0. The van der Waals surface area contributed by atoms with Gasteiger partial charge < -0.3 is 0 Å². The van der Waals surface area contributed by atoms with Crippen LogP contribution in [0.5, 0.6) is 0 Å². The molecular formula is C24H30F2. The van der Waals surface area contributed by atoms with E-state index in [1.165, 1.54) is 6.07 Å². The largest absolute Gasteiger partial charge is 0.207 e. The van der Waals surface area contributed by atoms with Gasteiger partial charge in [-0.15, -0.1) is 0 Å². The molecule has 140 valence electrons. The number of rotatable bonds is 5. The highest BCUT2D eigenvalue weighted by Crippen LogP contribution is 2.30. The molecule has 0 bridgehead atoms. The van der Waals surface area contributed by atoms with Gasteiger partial charge in [-0.3, -0.25) is 0 Å². The van der Waals surface area contributed by atoms with Gasteiger partial charge in [0.15, 0.2) is 0 Å². The zero-order valence-electron chi connectivity index (χ0n) is 16.8. The Kier molecular flexibility index (Phi) is 8.98. The highest BCUT2D eigenvalue weighted by molar-refractivity contribution is 5.73. The fourth-order valence-corrected chi connectivity index (χ4v) is 2.59. The minimum absolute atomic E-state index is 0.278. The quantitative estimate of drug-likeness (QED) is 0.473. The van der Waals surface area contributed by atoms with Gasteiger partial charge in [0.25, 0.3) is 0 Å². The predicted octanol–water partition coefficient (Wildman–Crippen LogP) is 8.27. The van der Waals surface area contributed by atoms with Crippen molar-refractivity contribution in [1.29, 1.82) is 0 Å². The lowest BCUT2D eigenvalue weighted by Crippen LogP contribution is -1.91. The third-order valence-corrected chi connectivity index (χ3v) is 4.25. The molecule has 0 N–H and O–H groups in total. The summed E-state index contributed by atoms with van der Waals surface area (Å²) in [6.07, 6.45) is 2.86. The molecular weight excluding hydrogens is 326 g/mol. The molecule has 0 aromatic heterocycles. The average Bonchev–Trinajstić information content (AvgIpc) is 2.65. The Labute approximate surface area is 157 Å².